The van der Waals surface area contributed by atoms with Crippen molar-refractivity contribution in [1.82, 2.24) is 4.98 Å². The molecule has 3 aliphatic carbocycles. The van der Waals surface area contributed by atoms with Crippen molar-refractivity contribution in [2.24, 2.45) is 5.41 Å². The minimum absolute atomic E-state index is 0.0420. The standard InChI is InChI=1S/C24H22N2O2S/c1-14-6-5-7-15(10-14)20-13-29-23(25-20)26-22(28)24(2)12-18-16-8-3-4-9-17(16)19(24)11-21(18)27/h3-10,13,18-19H,11-12H2,1-2H3,(H,25,26,28). The van der Waals surface area contributed by atoms with Gasteiger partial charge >= 0.3 is 0 Å². The van der Waals surface area contributed by atoms with E-state index in [4.69, 9.17) is 0 Å². The molecule has 0 aliphatic heterocycles. The second-order valence-corrected chi connectivity index (χ2v) is 9.25. The molecule has 0 saturated heterocycles. The summed E-state index contributed by atoms with van der Waals surface area (Å²) in [6.45, 7) is 4.05. The first-order chi connectivity index (χ1) is 14.0. The van der Waals surface area contributed by atoms with E-state index in [-0.39, 0.29) is 23.5 Å². The number of nitrogens with one attached hydrogen (secondary N) is 1. The zero-order chi connectivity index (χ0) is 20.2. The number of nitrogens with zero attached hydrogens (tertiary/aromatic N) is 1. The number of carbonyl (C=O) groups excluding carboxylic acids is 2. The topological polar surface area (TPSA) is 59.1 Å². The maximum absolute atomic E-state index is 13.3. The molecule has 2 aromatic carbocycles. The molecule has 2 bridgehead atoms. The van der Waals surface area contributed by atoms with Gasteiger partial charge in [-0.3, -0.25) is 9.59 Å². The molecule has 3 atom stereocenters. The van der Waals surface area contributed by atoms with E-state index >= 15 is 0 Å². The van der Waals surface area contributed by atoms with Crippen molar-refractivity contribution >= 4 is 28.2 Å². The number of carbonyl (C=O) groups is 2. The van der Waals surface area contributed by atoms with Gasteiger partial charge in [0, 0.05) is 29.2 Å². The highest BCUT2D eigenvalue weighted by Gasteiger charge is 2.54. The van der Waals surface area contributed by atoms with Crippen LogP contribution in [-0.2, 0) is 9.59 Å². The zero-order valence-corrected chi connectivity index (χ0v) is 17.3. The van der Waals surface area contributed by atoms with Gasteiger partial charge in [-0.15, -0.1) is 11.3 Å². The van der Waals surface area contributed by atoms with Crippen molar-refractivity contribution in [2.45, 2.75) is 38.5 Å². The molecule has 3 aliphatic rings. The Morgan fingerprint density at radius 1 is 1.17 bits per heavy atom. The Hall–Kier alpha value is -2.79. The van der Waals surface area contributed by atoms with Crippen LogP contribution in [0.2, 0.25) is 0 Å². The van der Waals surface area contributed by atoms with Gasteiger partial charge in [-0.2, -0.15) is 0 Å². The molecule has 3 aromatic rings. The molecule has 0 spiro atoms. The number of ketones is 1. The summed E-state index contributed by atoms with van der Waals surface area (Å²) < 4.78 is 0. The fourth-order valence-electron chi connectivity index (χ4n) is 4.89. The van der Waals surface area contributed by atoms with Crippen molar-refractivity contribution in [3.05, 3.63) is 70.6 Å². The largest absolute Gasteiger partial charge is 0.301 e. The number of Topliss-reactive ketones (excluding diaryl/α,β-unsaturated/α-hetero) is 1. The summed E-state index contributed by atoms with van der Waals surface area (Å²) in [5.74, 6) is -0.0342. The third-order valence-electron chi connectivity index (χ3n) is 6.50. The lowest BCUT2D eigenvalue weighted by Crippen LogP contribution is -2.49. The number of rotatable bonds is 3. The van der Waals surface area contributed by atoms with E-state index in [1.165, 1.54) is 16.9 Å². The maximum atomic E-state index is 13.3. The maximum Gasteiger partial charge on any atom is 0.232 e. The summed E-state index contributed by atoms with van der Waals surface area (Å²) in [4.78, 5) is 30.5. The van der Waals surface area contributed by atoms with Gasteiger partial charge in [0.05, 0.1) is 11.1 Å². The highest BCUT2D eigenvalue weighted by molar-refractivity contribution is 7.14. The molecule has 1 amide bonds. The Morgan fingerprint density at radius 2 is 1.97 bits per heavy atom. The first kappa shape index (κ1) is 18.3. The number of amides is 1. The molecule has 1 aromatic heterocycles. The van der Waals surface area contributed by atoms with Crippen LogP contribution in [-0.4, -0.2) is 16.7 Å². The van der Waals surface area contributed by atoms with Crippen LogP contribution in [0.1, 0.15) is 48.3 Å². The lowest BCUT2D eigenvalue weighted by Gasteiger charge is -2.48. The number of fused-ring (bicyclic) bond motifs is 2. The van der Waals surface area contributed by atoms with E-state index in [0.717, 1.165) is 22.4 Å². The normalized spacial score (nSPS) is 25.0. The minimum Gasteiger partial charge on any atom is -0.301 e. The number of thiazole rings is 1. The fraction of sp³-hybridized carbons (Fsp3) is 0.292. The summed E-state index contributed by atoms with van der Waals surface area (Å²) in [6, 6.07) is 16.3. The fourth-order valence-corrected chi connectivity index (χ4v) is 5.60. The Kier molecular flexibility index (Phi) is 4.17. The predicted octanol–water partition coefficient (Wildman–Crippen LogP) is 5.31. The van der Waals surface area contributed by atoms with Gasteiger partial charge in [0.25, 0.3) is 0 Å². The molecule has 4 nitrogen and oxygen atoms in total. The second-order valence-electron chi connectivity index (χ2n) is 8.39. The van der Waals surface area contributed by atoms with Crippen LogP contribution in [0.15, 0.2) is 53.9 Å². The predicted molar refractivity (Wildman–Crippen MR) is 115 cm³/mol. The Bertz CT molecular complexity index is 1140. The smallest absolute Gasteiger partial charge is 0.232 e. The van der Waals surface area contributed by atoms with Crippen molar-refractivity contribution in [3.63, 3.8) is 0 Å². The number of hydrogen-bond acceptors (Lipinski definition) is 4. The number of aromatic nitrogens is 1. The van der Waals surface area contributed by atoms with E-state index in [9.17, 15) is 9.59 Å². The molecule has 6 rings (SSSR count). The summed E-state index contributed by atoms with van der Waals surface area (Å²) in [5, 5.41) is 5.62. The molecule has 1 fully saturated rings. The van der Waals surface area contributed by atoms with Gasteiger partial charge in [0.1, 0.15) is 5.78 Å². The van der Waals surface area contributed by atoms with Crippen molar-refractivity contribution < 1.29 is 9.59 Å². The van der Waals surface area contributed by atoms with Crippen LogP contribution < -0.4 is 5.32 Å². The van der Waals surface area contributed by atoms with E-state index in [0.29, 0.717) is 18.0 Å². The molecule has 5 heteroatoms. The van der Waals surface area contributed by atoms with E-state index < -0.39 is 5.41 Å². The molecule has 1 saturated carbocycles. The molecule has 1 N–H and O–H groups in total. The molecule has 3 unspecified atom stereocenters. The average molecular weight is 403 g/mol. The van der Waals surface area contributed by atoms with Crippen LogP contribution >= 0.6 is 11.3 Å². The molecular weight excluding hydrogens is 380 g/mol. The number of aryl methyl sites for hydroxylation is 1. The molecule has 0 radical (unpaired) electrons. The van der Waals surface area contributed by atoms with E-state index in [1.54, 1.807) is 0 Å². The highest BCUT2D eigenvalue weighted by atomic mass is 32.1. The Labute approximate surface area is 174 Å². The average Bonchev–Trinajstić information content (AvgIpc) is 3.18. The first-order valence-electron chi connectivity index (χ1n) is 9.91. The monoisotopic (exact) mass is 402 g/mol. The van der Waals surface area contributed by atoms with Crippen molar-refractivity contribution in [2.75, 3.05) is 5.32 Å². The van der Waals surface area contributed by atoms with Crippen molar-refractivity contribution in [1.29, 1.82) is 0 Å². The summed E-state index contributed by atoms with van der Waals surface area (Å²) in [6.07, 6.45) is 1.01. The Morgan fingerprint density at radius 3 is 2.76 bits per heavy atom. The highest BCUT2D eigenvalue weighted by Crippen LogP contribution is 2.57. The zero-order valence-electron chi connectivity index (χ0n) is 16.4. The van der Waals surface area contributed by atoms with Crippen LogP contribution in [0.25, 0.3) is 11.3 Å². The van der Waals surface area contributed by atoms with E-state index in [1.807, 2.05) is 42.6 Å². The van der Waals surface area contributed by atoms with Gasteiger partial charge < -0.3 is 5.32 Å². The number of anilines is 1. The summed E-state index contributed by atoms with van der Waals surface area (Å²) in [5.41, 5.74) is 4.74. The minimum atomic E-state index is -0.609. The number of hydrogen-bond donors (Lipinski definition) is 1. The van der Waals surface area contributed by atoms with Gasteiger partial charge in [0.15, 0.2) is 5.13 Å². The van der Waals surface area contributed by atoms with Gasteiger partial charge in [-0.05, 0) is 30.5 Å². The van der Waals surface area contributed by atoms with Gasteiger partial charge in [-0.1, -0.05) is 55.0 Å². The van der Waals surface area contributed by atoms with Crippen LogP contribution in [0.4, 0.5) is 5.13 Å². The van der Waals surface area contributed by atoms with Crippen LogP contribution in [0, 0.1) is 12.3 Å². The third kappa shape index (κ3) is 2.92. The summed E-state index contributed by atoms with van der Waals surface area (Å²) in [7, 11) is 0. The second kappa shape index (κ2) is 6.63. The van der Waals surface area contributed by atoms with Crippen LogP contribution in [0.5, 0.6) is 0 Å². The lowest BCUT2D eigenvalue weighted by molar-refractivity contribution is -0.134. The quantitative estimate of drug-likeness (QED) is 0.646. The van der Waals surface area contributed by atoms with Crippen LogP contribution in [0.3, 0.4) is 0 Å². The van der Waals surface area contributed by atoms with E-state index in [2.05, 4.69) is 35.4 Å². The number of benzene rings is 2. The summed E-state index contributed by atoms with van der Waals surface area (Å²) >= 11 is 1.44. The Balaban J connectivity index is 1.41. The lowest BCUT2D eigenvalue weighted by atomic mass is 9.54. The molecule has 146 valence electrons. The van der Waals surface area contributed by atoms with Crippen molar-refractivity contribution in [3.8, 4) is 11.3 Å². The first-order valence-corrected chi connectivity index (χ1v) is 10.8. The molecule has 29 heavy (non-hydrogen) atoms. The SMILES string of the molecule is Cc1cccc(-c2csc(NC(=O)C3(C)CC4C(=O)CC3c3ccccc34)n2)c1. The molecule has 1 heterocycles. The van der Waals surface area contributed by atoms with Gasteiger partial charge in [0.2, 0.25) is 5.91 Å². The van der Waals surface area contributed by atoms with Gasteiger partial charge in [-0.25, -0.2) is 4.98 Å². The third-order valence-corrected chi connectivity index (χ3v) is 7.25. The molecular formula is C24H22N2O2S.